The maximum absolute atomic E-state index is 12.6. The molecule has 0 amide bonds. The number of allylic oxidation sites excluding steroid dienone is 2. The van der Waals surface area contributed by atoms with Gasteiger partial charge in [-0.25, -0.2) is 10.1 Å². The van der Waals surface area contributed by atoms with Crippen molar-refractivity contribution < 1.29 is 4.48 Å². The molecule has 2 nitrogen and oxygen atoms in total. The minimum atomic E-state index is 0.375. The molecule has 0 saturated carbocycles. The summed E-state index contributed by atoms with van der Waals surface area (Å²) in [5, 5.41) is 1.10. The van der Waals surface area contributed by atoms with Gasteiger partial charge in [-0.2, -0.15) is 0 Å². The molecule has 0 spiro atoms. The Morgan fingerprint density at radius 3 is 3.27 bits per heavy atom. The summed E-state index contributed by atoms with van der Waals surface area (Å²) in [5.74, 6) is 0. The first-order chi connectivity index (χ1) is 5.25. The summed E-state index contributed by atoms with van der Waals surface area (Å²) in [5.41, 5.74) is 1.69. The van der Waals surface area contributed by atoms with Crippen LogP contribution in [0.15, 0.2) is 28.0 Å². The van der Waals surface area contributed by atoms with Crippen LogP contribution in [0.5, 0.6) is 0 Å². The maximum atomic E-state index is 12.6. The second kappa shape index (κ2) is 2.34. The smallest absolute Gasteiger partial charge is 0.130 e. The number of aliphatic imine (C=N–C) groups is 1. The lowest BCUT2D eigenvalue weighted by Crippen LogP contribution is -2.19. The van der Waals surface area contributed by atoms with E-state index in [0.717, 1.165) is 11.3 Å². The molecule has 11 heavy (non-hydrogen) atoms. The number of halogens is 2. The highest BCUT2D eigenvalue weighted by molar-refractivity contribution is 6.32. The lowest BCUT2D eigenvalue weighted by atomic mass is 10.1. The Balaban J connectivity index is 2.36. The molecule has 0 bridgehead atoms. The van der Waals surface area contributed by atoms with Gasteiger partial charge in [-0.05, 0) is 6.08 Å². The molecule has 58 valence electrons. The van der Waals surface area contributed by atoms with Crippen molar-refractivity contribution in [2.45, 2.75) is 6.42 Å². The topological polar surface area (TPSA) is 15.6 Å². The van der Waals surface area contributed by atoms with E-state index < -0.39 is 0 Å². The Labute approximate surface area is 68.6 Å². The average molecular weight is 173 g/mol. The van der Waals surface area contributed by atoms with Gasteiger partial charge in [-0.15, -0.1) is 4.48 Å². The number of rotatable bonds is 0. The van der Waals surface area contributed by atoms with Gasteiger partial charge in [0.2, 0.25) is 0 Å². The summed E-state index contributed by atoms with van der Waals surface area (Å²) in [7, 11) is 0. The third-order valence-electron chi connectivity index (χ3n) is 1.69. The molecule has 2 aliphatic heterocycles. The molecule has 0 aliphatic carbocycles. The average Bonchev–Trinajstić information content (AvgIpc) is 2.27. The molecule has 0 fully saturated rings. The molecule has 0 aromatic heterocycles. The third-order valence-corrected chi connectivity index (χ3v) is 1.88. The summed E-state index contributed by atoms with van der Waals surface area (Å²) >= 11 is 5.63. The Morgan fingerprint density at radius 2 is 2.45 bits per heavy atom. The van der Waals surface area contributed by atoms with Crippen LogP contribution < -0.4 is 0 Å². The van der Waals surface area contributed by atoms with Crippen molar-refractivity contribution in [3.05, 3.63) is 23.0 Å². The maximum Gasteiger partial charge on any atom is 0.130 e. The van der Waals surface area contributed by atoms with Crippen molar-refractivity contribution >= 4 is 17.3 Å². The molecule has 2 aliphatic rings. The van der Waals surface area contributed by atoms with Crippen LogP contribution in [0.25, 0.3) is 0 Å². The van der Waals surface area contributed by atoms with Crippen LogP contribution in [0.3, 0.4) is 0 Å². The normalized spacial score (nSPS) is 22.4. The van der Waals surface area contributed by atoms with Crippen LogP contribution in [-0.4, -0.2) is 17.4 Å². The second-order valence-corrected chi connectivity index (χ2v) is 2.87. The Hall–Kier alpha value is -0.830. The van der Waals surface area contributed by atoms with E-state index in [4.69, 9.17) is 11.6 Å². The van der Waals surface area contributed by atoms with Gasteiger partial charge in [0.1, 0.15) is 5.16 Å². The van der Waals surface area contributed by atoms with Gasteiger partial charge in [0.25, 0.3) is 0 Å². The highest BCUT2D eigenvalue weighted by atomic mass is 35.5. The monoisotopic (exact) mass is 172 g/mol. The summed E-state index contributed by atoms with van der Waals surface area (Å²) in [6.45, 7) is 0.375. The van der Waals surface area contributed by atoms with Crippen molar-refractivity contribution in [2.75, 3.05) is 6.54 Å². The first kappa shape index (κ1) is 6.85. The van der Waals surface area contributed by atoms with Gasteiger partial charge in [0, 0.05) is 18.2 Å². The molecule has 0 saturated heterocycles. The van der Waals surface area contributed by atoms with Crippen LogP contribution >= 0.6 is 11.6 Å². The molecular formula is C7H6ClFN2. The van der Waals surface area contributed by atoms with Crippen LogP contribution in [0.1, 0.15) is 6.42 Å². The van der Waals surface area contributed by atoms with E-state index in [-0.39, 0.29) is 0 Å². The first-order valence-corrected chi connectivity index (χ1v) is 3.73. The van der Waals surface area contributed by atoms with E-state index in [2.05, 4.69) is 4.99 Å². The molecule has 0 aromatic rings. The number of nitrogens with zero attached hydrogens (tertiary/aromatic N) is 2. The quantitative estimate of drug-likeness (QED) is 0.403. The Kier molecular flexibility index (Phi) is 1.46. The molecule has 0 atom stereocenters. The zero-order valence-electron chi connectivity index (χ0n) is 5.72. The van der Waals surface area contributed by atoms with Crippen LogP contribution in [0.4, 0.5) is 4.48 Å². The third kappa shape index (κ3) is 1.16. The first-order valence-electron chi connectivity index (χ1n) is 3.35. The lowest BCUT2D eigenvalue weighted by molar-refractivity contribution is 0.0903. The summed E-state index contributed by atoms with van der Waals surface area (Å²) in [6.07, 6.45) is 3.72. The van der Waals surface area contributed by atoms with Crippen LogP contribution in [0, 0.1) is 0 Å². The molecule has 0 unspecified atom stereocenters. The number of fused-ring (bicyclic) bond motifs is 1. The predicted molar refractivity (Wildman–Crippen MR) is 41.9 cm³/mol. The lowest BCUT2D eigenvalue weighted by Gasteiger charge is -2.15. The van der Waals surface area contributed by atoms with Crippen molar-refractivity contribution in [1.29, 1.82) is 0 Å². The summed E-state index contributed by atoms with van der Waals surface area (Å²) in [6, 6.07) is 0. The van der Waals surface area contributed by atoms with Crippen molar-refractivity contribution in [3.8, 4) is 0 Å². The highest BCUT2D eigenvalue weighted by Gasteiger charge is 2.19. The van der Waals surface area contributed by atoms with Crippen LogP contribution in [0.2, 0.25) is 0 Å². The van der Waals surface area contributed by atoms with Crippen molar-refractivity contribution in [3.63, 3.8) is 0 Å². The van der Waals surface area contributed by atoms with Crippen LogP contribution in [-0.2, 0) is 0 Å². The second-order valence-electron chi connectivity index (χ2n) is 2.48. The van der Waals surface area contributed by atoms with Gasteiger partial charge in [-0.1, -0.05) is 11.6 Å². The SMILES string of the molecule is FN1C=C2C=C(Cl)N=C2CC1. The fourth-order valence-electron chi connectivity index (χ4n) is 1.18. The van der Waals surface area contributed by atoms with E-state index in [1.54, 1.807) is 6.08 Å². The predicted octanol–water partition coefficient (Wildman–Crippen LogP) is 2.00. The van der Waals surface area contributed by atoms with E-state index in [1.807, 2.05) is 0 Å². The van der Waals surface area contributed by atoms with E-state index in [1.165, 1.54) is 6.20 Å². The van der Waals surface area contributed by atoms with E-state index in [0.29, 0.717) is 23.2 Å². The minimum absolute atomic E-state index is 0.375. The fourth-order valence-corrected chi connectivity index (χ4v) is 1.40. The summed E-state index contributed by atoms with van der Waals surface area (Å²) in [4.78, 5) is 4.03. The fraction of sp³-hybridized carbons (Fsp3) is 0.286. The van der Waals surface area contributed by atoms with Gasteiger partial charge in [0.05, 0.1) is 12.3 Å². The highest BCUT2D eigenvalue weighted by Crippen LogP contribution is 2.24. The largest absolute Gasteiger partial charge is 0.240 e. The molecular weight excluding hydrogens is 167 g/mol. The summed E-state index contributed by atoms with van der Waals surface area (Å²) < 4.78 is 12.6. The van der Waals surface area contributed by atoms with Crippen molar-refractivity contribution in [2.24, 2.45) is 4.99 Å². The molecule has 0 N–H and O–H groups in total. The minimum Gasteiger partial charge on any atom is -0.240 e. The molecule has 4 heteroatoms. The molecule has 0 radical (unpaired) electrons. The molecule has 2 heterocycles. The van der Waals surface area contributed by atoms with Gasteiger partial charge < -0.3 is 0 Å². The van der Waals surface area contributed by atoms with Gasteiger partial charge in [0.15, 0.2) is 0 Å². The van der Waals surface area contributed by atoms with Gasteiger partial charge >= 0.3 is 0 Å². The molecule has 0 aromatic carbocycles. The molecule has 2 rings (SSSR count). The van der Waals surface area contributed by atoms with Crippen molar-refractivity contribution in [1.82, 2.24) is 5.12 Å². The number of hydrogen-bond acceptors (Lipinski definition) is 2. The number of hydrogen-bond donors (Lipinski definition) is 0. The van der Waals surface area contributed by atoms with E-state index in [9.17, 15) is 4.48 Å². The van der Waals surface area contributed by atoms with E-state index >= 15 is 0 Å². The zero-order chi connectivity index (χ0) is 7.84. The van der Waals surface area contributed by atoms with Gasteiger partial charge in [-0.3, -0.25) is 0 Å². The zero-order valence-corrected chi connectivity index (χ0v) is 6.48. The standard InChI is InChI=1S/C7H6ClFN2/c8-7-3-5-4-11(9)2-1-6(5)10-7/h3-4H,1-2H2. The Morgan fingerprint density at radius 1 is 1.64 bits per heavy atom. The Bertz CT molecular complexity index is 280.